The predicted octanol–water partition coefficient (Wildman–Crippen LogP) is 3.39. The van der Waals surface area contributed by atoms with Crippen LogP contribution in [0.5, 0.6) is 0 Å². The second kappa shape index (κ2) is 5.36. The molecule has 108 valence electrons. The fourth-order valence-corrected chi connectivity index (χ4v) is 1.87. The number of nitrogens with zero attached hydrogens (tertiary/aromatic N) is 1. The molecular weight excluding hydrogens is 274 g/mol. The molecule has 1 atom stereocenters. The summed E-state index contributed by atoms with van der Waals surface area (Å²) in [5.41, 5.74) is 0.192. The molecule has 2 nitrogen and oxygen atoms in total. The Balaban J connectivity index is 3.30. The number of halogens is 6. The molecular formula is C11H12F6N2. The third-order valence-corrected chi connectivity index (χ3v) is 2.76. The summed E-state index contributed by atoms with van der Waals surface area (Å²) >= 11 is 0. The highest BCUT2D eigenvalue weighted by atomic mass is 19.4. The van der Waals surface area contributed by atoms with E-state index in [0.717, 1.165) is 13.2 Å². The third-order valence-electron chi connectivity index (χ3n) is 2.76. The molecule has 0 aliphatic heterocycles. The molecule has 19 heavy (non-hydrogen) atoms. The highest BCUT2D eigenvalue weighted by Gasteiger charge is 2.60. The summed E-state index contributed by atoms with van der Waals surface area (Å²) in [5.74, 6) is -3.48. The molecule has 0 aliphatic rings. The minimum Gasteiger partial charge on any atom is -0.312 e. The van der Waals surface area contributed by atoms with Gasteiger partial charge >= 0.3 is 12.4 Å². The molecule has 0 aliphatic carbocycles. The first-order valence-electron chi connectivity index (χ1n) is 5.30. The van der Waals surface area contributed by atoms with E-state index in [2.05, 4.69) is 10.3 Å². The standard InChI is InChI=1S/C11H12F6N2/c1-6-3-4-19-5-7(6)8(18-2)9(10(12,13)14)11(15,16)17/h3-5,8-9,18H,1-2H3. The quantitative estimate of drug-likeness (QED) is 0.861. The van der Waals surface area contributed by atoms with Gasteiger partial charge in [0.15, 0.2) is 5.92 Å². The first-order chi connectivity index (χ1) is 8.59. The van der Waals surface area contributed by atoms with E-state index in [1.54, 1.807) is 0 Å². The number of hydrogen-bond donors (Lipinski definition) is 1. The van der Waals surface area contributed by atoms with Crippen molar-refractivity contribution >= 4 is 0 Å². The van der Waals surface area contributed by atoms with E-state index in [9.17, 15) is 26.3 Å². The molecule has 1 rings (SSSR count). The van der Waals surface area contributed by atoms with E-state index in [1.807, 2.05) is 0 Å². The smallest absolute Gasteiger partial charge is 0.312 e. The number of rotatable bonds is 3. The van der Waals surface area contributed by atoms with Gasteiger partial charge in [0.25, 0.3) is 0 Å². The van der Waals surface area contributed by atoms with Crippen LogP contribution >= 0.6 is 0 Å². The Hall–Kier alpha value is -1.31. The highest BCUT2D eigenvalue weighted by molar-refractivity contribution is 5.26. The average molecular weight is 286 g/mol. The van der Waals surface area contributed by atoms with E-state index in [0.29, 0.717) is 5.56 Å². The maximum Gasteiger partial charge on any atom is 0.402 e. The SMILES string of the molecule is CNC(c1cnccc1C)C(C(F)(F)F)C(F)(F)F. The molecule has 1 aromatic heterocycles. The van der Waals surface area contributed by atoms with Crippen molar-refractivity contribution in [1.82, 2.24) is 10.3 Å². The van der Waals surface area contributed by atoms with E-state index >= 15 is 0 Å². The zero-order chi connectivity index (χ0) is 14.8. The molecule has 0 fully saturated rings. The molecule has 0 spiro atoms. The van der Waals surface area contributed by atoms with E-state index in [4.69, 9.17) is 0 Å². The lowest BCUT2D eigenvalue weighted by molar-refractivity contribution is -0.292. The van der Waals surface area contributed by atoms with Crippen molar-refractivity contribution in [3.05, 3.63) is 29.6 Å². The lowest BCUT2D eigenvalue weighted by atomic mass is 9.90. The fourth-order valence-electron chi connectivity index (χ4n) is 1.87. The van der Waals surface area contributed by atoms with Crippen LogP contribution in [0, 0.1) is 12.8 Å². The first-order valence-corrected chi connectivity index (χ1v) is 5.30. The van der Waals surface area contributed by atoms with Crippen molar-refractivity contribution in [2.24, 2.45) is 5.92 Å². The molecule has 1 N–H and O–H groups in total. The molecule has 0 bridgehead atoms. The molecule has 1 heterocycles. The minimum absolute atomic E-state index is 0.121. The maximum atomic E-state index is 12.7. The Bertz CT molecular complexity index is 412. The summed E-state index contributed by atoms with van der Waals surface area (Å²) in [4.78, 5) is 3.59. The van der Waals surface area contributed by atoms with Gasteiger partial charge in [-0.05, 0) is 31.2 Å². The van der Waals surface area contributed by atoms with Gasteiger partial charge in [-0.3, -0.25) is 4.98 Å². The number of pyridine rings is 1. The van der Waals surface area contributed by atoms with Gasteiger partial charge in [-0.2, -0.15) is 26.3 Å². The van der Waals surface area contributed by atoms with Crippen LogP contribution in [0.25, 0.3) is 0 Å². The zero-order valence-corrected chi connectivity index (χ0v) is 10.1. The molecule has 8 heteroatoms. The summed E-state index contributed by atoms with van der Waals surface area (Å²) in [6, 6.07) is -0.558. The van der Waals surface area contributed by atoms with E-state index in [1.165, 1.54) is 19.2 Å². The molecule has 0 aromatic carbocycles. The van der Waals surface area contributed by atoms with Gasteiger partial charge in [-0.25, -0.2) is 0 Å². The second-order valence-corrected chi connectivity index (χ2v) is 4.06. The maximum absolute atomic E-state index is 12.7. The number of aryl methyl sites for hydroxylation is 1. The van der Waals surface area contributed by atoms with Gasteiger partial charge in [0.2, 0.25) is 0 Å². The zero-order valence-electron chi connectivity index (χ0n) is 10.1. The molecule has 0 saturated carbocycles. The van der Waals surface area contributed by atoms with Crippen LogP contribution < -0.4 is 5.32 Å². The van der Waals surface area contributed by atoms with E-state index in [-0.39, 0.29) is 5.56 Å². The van der Waals surface area contributed by atoms with Gasteiger partial charge in [-0.15, -0.1) is 0 Å². The number of nitrogens with one attached hydrogen (secondary N) is 1. The Labute approximate surface area is 105 Å². The Morgan fingerprint density at radius 2 is 1.63 bits per heavy atom. The summed E-state index contributed by atoms with van der Waals surface area (Å²) < 4.78 is 76.1. The lowest BCUT2D eigenvalue weighted by Gasteiger charge is -2.31. The fraction of sp³-hybridized carbons (Fsp3) is 0.545. The summed E-state index contributed by atoms with van der Waals surface area (Å²) in [6.07, 6.45) is -8.47. The predicted molar refractivity (Wildman–Crippen MR) is 56.4 cm³/mol. The Morgan fingerprint density at radius 1 is 1.11 bits per heavy atom. The molecule has 1 aromatic rings. The number of hydrogen-bond acceptors (Lipinski definition) is 2. The van der Waals surface area contributed by atoms with Gasteiger partial charge in [0, 0.05) is 12.4 Å². The van der Waals surface area contributed by atoms with E-state index < -0.39 is 24.3 Å². The monoisotopic (exact) mass is 286 g/mol. The topological polar surface area (TPSA) is 24.9 Å². The van der Waals surface area contributed by atoms with Gasteiger partial charge in [-0.1, -0.05) is 0 Å². The Kier molecular flexibility index (Phi) is 4.44. The largest absolute Gasteiger partial charge is 0.402 e. The van der Waals surface area contributed by atoms with Crippen molar-refractivity contribution in [2.45, 2.75) is 25.3 Å². The van der Waals surface area contributed by atoms with Gasteiger partial charge in [0.1, 0.15) is 0 Å². The van der Waals surface area contributed by atoms with Crippen LogP contribution in [0.15, 0.2) is 18.5 Å². The third kappa shape index (κ3) is 3.59. The Morgan fingerprint density at radius 3 is 2.00 bits per heavy atom. The lowest BCUT2D eigenvalue weighted by Crippen LogP contribution is -2.45. The molecule has 1 unspecified atom stereocenters. The van der Waals surface area contributed by atoms with Crippen molar-refractivity contribution in [3.8, 4) is 0 Å². The summed E-state index contributed by atoms with van der Waals surface area (Å²) in [6.45, 7) is 1.44. The molecule has 0 saturated heterocycles. The van der Waals surface area contributed by atoms with Crippen LogP contribution in [0.1, 0.15) is 17.2 Å². The van der Waals surface area contributed by atoms with Gasteiger partial charge < -0.3 is 5.32 Å². The van der Waals surface area contributed by atoms with Crippen LogP contribution in [0.3, 0.4) is 0 Å². The van der Waals surface area contributed by atoms with Crippen LogP contribution in [0.4, 0.5) is 26.3 Å². The van der Waals surface area contributed by atoms with Crippen molar-refractivity contribution in [2.75, 3.05) is 7.05 Å². The minimum atomic E-state index is -5.39. The summed E-state index contributed by atoms with van der Waals surface area (Å²) in [5, 5.41) is 2.09. The van der Waals surface area contributed by atoms with Crippen molar-refractivity contribution in [1.29, 1.82) is 0 Å². The molecule has 0 amide bonds. The number of aromatic nitrogens is 1. The second-order valence-electron chi connectivity index (χ2n) is 4.06. The van der Waals surface area contributed by atoms with Crippen LogP contribution in [-0.2, 0) is 0 Å². The van der Waals surface area contributed by atoms with Crippen molar-refractivity contribution < 1.29 is 26.3 Å². The van der Waals surface area contributed by atoms with Crippen molar-refractivity contribution in [3.63, 3.8) is 0 Å². The number of alkyl halides is 6. The van der Waals surface area contributed by atoms with Gasteiger partial charge in [0.05, 0.1) is 6.04 Å². The van der Waals surface area contributed by atoms with Crippen LogP contribution in [-0.4, -0.2) is 24.4 Å². The normalized spacial score (nSPS) is 14.8. The average Bonchev–Trinajstić information content (AvgIpc) is 2.23. The van der Waals surface area contributed by atoms with Crippen LogP contribution in [0.2, 0.25) is 0 Å². The first kappa shape index (κ1) is 15.7. The summed E-state index contributed by atoms with van der Waals surface area (Å²) in [7, 11) is 1.06. The highest BCUT2D eigenvalue weighted by Crippen LogP contribution is 2.46. The molecule has 0 radical (unpaired) electrons.